The molecule has 102 valence electrons. The Hall–Kier alpha value is -1.97. The van der Waals surface area contributed by atoms with Gasteiger partial charge in [0, 0.05) is 31.0 Å². The van der Waals surface area contributed by atoms with Crippen molar-refractivity contribution >= 4 is 16.9 Å². The van der Waals surface area contributed by atoms with Crippen LogP contribution in [0.15, 0.2) is 30.6 Å². The third-order valence-corrected chi connectivity index (χ3v) is 5.01. The van der Waals surface area contributed by atoms with Crippen LogP contribution in [0.25, 0.3) is 11.0 Å². The number of hydrogen-bond acceptors (Lipinski definition) is 3. The Kier molecular flexibility index (Phi) is 2.37. The minimum atomic E-state index is 0.137. The van der Waals surface area contributed by atoms with Crippen LogP contribution in [0, 0.1) is 11.3 Å². The van der Waals surface area contributed by atoms with Crippen molar-refractivity contribution in [2.45, 2.75) is 19.8 Å². The molecule has 2 heterocycles. The molecule has 1 amide bonds. The van der Waals surface area contributed by atoms with Crippen molar-refractivity contribution in [3.63, 3.8) is 0 Å². The predicted molar refractivity (Wildman–Crippen MR) is 76.3 cm³/mol. The van der Waals surface area contributed by atoms with Crippen LogP contribution in [-0.2, 0) is 0 Å². The molecule has 2 aromatic rings. The van der Waals surface area contributed by atoms with Crippen LogP contribution < -0.4 is 0 Å². The van der Waals surface area contributed by atoms with Gasteiger partial charge < -0.3 is 4.90 Å². The summed E-state index contributed by atoms with van der Waals surface area (Å²) in [5, 5.41) is 0. The molecule has 0 bridgehead atoms. The van der Waals surface area contributed by atoms with E-state index in [0.29, 0.717) is 5.41 Å². The van der Waals surface area contributed by atoms with Gasteiger partial charge in [-0.05, 0) is 42.4 Å². The van der Waals surface area contributed by atoms with Crippen molar-refractivity contribution in [1.29, 1.82) is 0 Å². The zero-order valence-corrected chi connectivity index (χ0v) is 11.5. The fraction of sp³-hybridized carbons (Fsp3) is 0.438. The third-order valence-electron chi connectivity index (χ3n) is 5.01. The maximum Gasteiger partial charge on any atom is 0.253 e. The first-order valence-corrected chi connectivity index (χ1v) is 7.22. The molecule has 2 aliphatic rings. The van der Waals surface area contributed by atoms with E-state index in [1.54, 1.807) is 12.4 Å². The highest BCUT2D eigenvalue weighted by atomic mass is 16.2. The number of hydrogen-bond donors (Lipinski definition) is 0. The fourth-order valence-corrected chi connectivity index (χ4v) is 3.57. The normalized spacial score (nSPS) is 27.6. The van der Waals surface area contributed by atoms with Gasteiger partial charge in [0.05, 0.1) is 11.0 Å². The molecule has 1 aliphatic heterocycles. The summed E-state index contributed by atoms with van der Waals surface area (Å²) in [5.41, 5.74) is 2.78. The molecule has 0 spiro atoms. The lowest BCUT2D eigenvalue weighted by Crippen LogP contribution is -2.31. The van der Waals surface area contributed by atoms with Crippen LogP contribution in [0.2, 0.25) is 0 Å². The van der Waals surface area contributed by atoms with Crippen molar-refractivity contribution < 1.29 is 4.79 Å². The standard InChI is InChI=1S/C16H17N3O/c1-2-16-8-12(16)9-19(10-16)15(20)11-3-4-13-14(7-11)18-6-5-17-13/h3-7,12H,2,8-10H2,1H3. The van der Waals surface area contributed by atoms with E-state index in [9.17, 15) is 4.79 Å². The van der Waals surface area contributed by atoms with Gasteiger partial charge in [-0.3, -0.25) is 14.8 Å². The topological polar surface area (TPSA) is 46.1 Å². The molecule has 1 aromatic heterocycles. The minimum Gasteiger partial charge on any atom is -0.338 e. The Morgan fingerprint density at radius 3 is 2.90 bits per heavy atom. The van der Waals surface area contributed by atoms with E-state index in [0.717, 1.165) is 35.6 Å². The number of rotatable bonds is 2. The van der Waals surface area contributed by atoms with E-state index in [-0.39, 0.29) is 5.91 Å². The number of benzene rings is 1. The Morgan fingerprint density at radius 1 is 1.35 bits per heavy atom. The molecule has 1 aromatic carbocycles. The van der Waals surface area contributed by atoms with Crippen molar-refractivity contribution in [2.24, 2.45) is 11.3 Å². The Labute approximate surface area is 117 Å². The Morgan fingerprint density at radius 2 is 2.15 bits per heavy atom. The molecule has 0 N–H and O–H groups in total. The number of aromatic nitrogens is 2. The SMILES string of the molecule is CCC12CC1CN(C(=O)c1ccc3nccnc3c1)C2. The van der Waals surface area contributed by atoms with Crippen molar-refractivity contribution in [3.05, 3.63) is 36.2 Å². The van der Waals surface area contributed by atoms with Gasteiger partial charge in [0.15, 0.2) is 0 Å². The van der Waals surface area contributed by atoms with Crippen LogP contribution >= 0.6 is 0 Å². The summed E-state index contributed by atoms with van der Waals surface area (Å²) in [6, 6.07) is 5.59. The van der Waals surface area contributed by atoms with Gasteiger partial charge in [-0.15, -0.1) is 0 Å². The maximum absolute atomic E-state index is 12.6. The molecule has 2 unspecified atom stereocenters. The maximum atomic E-state index is 12.6. The van der Waals surface area contributed by atoms with Crippen molar-refractivity contribution in [1.82, 2.24) is 14.9 Å². The molecule has 4 heteroatoms. The first kappa shape index (κ1) is 11.8. The number of fused-ring (bicyclic) bond motifs is 2. The lowest BCUT2D eigenvalue weighted by molar-refractivity contribution is 0.0764. The molecular weight excluding hydrogens is 250 g/mol. The van der Waals surface area contributed by atoms with Crippen LogP contribution in [0.4, 0.5) is 0 Å². The van der Waals surface area contributed by atoms with Crippen LogP contribution in [-0.4, -0.2) is 33.9 Å². The fourth-order valence-electron chi connectivity index (χ4n) is 3.57. The quantitative estimate of drug-likeness (QED) is 0.840. The lowest BCUT2D eigenvalue weighted by Gasteiger charge is -2.20. The summed E-state index contributed by atoms with van der Waals surface area (Å²) in [7, 11) is 0. The molecule has 1 saturated heterocycles. The van der Waals surface area contributed by atoms with Crippen LogP contribution in [0.1, 0.15) is 30.1 Å². The number of carbonyl (C=O) groups excluding carboxylic acids is 1. The summed E-state index contributed by atoms with van der Waals surface area (Å²) < 4.78 is 0. The number of carbonyl (C=O) groups is 1. The molecule has 4 rings (SSSR count). The number of likely N-dealkylation sites (tertiary alicyclic amines) is 1. The monoisotopic (exact) mass is 267 g/mol. The summed E-state index contributed by atoms with van der Waals surface area (Å²) in [5.74, 6) is 0.870. The lowest BCUT2D eigenvalue weighted by atomic mass is 10.0. The molecule has 0 radical (unpaired) electrons. The van der Waals surface area contributed by atoms with Crippen molar-refractivity contribution in [3.8, 4) is 0 Å². The zero-order chi connectivity index (χ0) is 13.7. The summed E-state index contributed by atoms with van der Waals surface area (Å²) in [4.78, 5) is 23.1. The van der Waals surface area contributed by atoms with Gasteiger partial charge >= 0.3 is 0 Å². The van der Waals surface area contributed by atoms with Crippen LogP contribution in [0.3, 0.4) is 0 Å². The highest BCUT2D eigenvalue weighted by Crippen LogP contribution is 2.59. The largest absolute Gasteiger partial charge is 0.338 e. The van der Waals surface area contributed by atoms with Gasteiger partial charge in [-0.25, -0.2) is 0 Å². The highest BCUT2D eigenvalue weighted by Gasteiger charge is 2.59. The van der Waals surface area contributed by atoms with E-state index >= 15 is 0 Å². The second-order valence-electron chi connectivity index (χ2n) is 6.06. The van der Waals surface area contributed by atoms with E-state index in [4.69, 9.17) is 0 Å². The van der Waals surface area contributed by atoms with Gasteiger partial charge in [0.2, 0.25) is 0 Å². The highest BCUT2D eigenvalue weighted by molar-refractivity contribution is 5.97. The zero-order valence-electron chi connectivity index (χ0n) is 11.5. The van der Waals surface area contributed by atoms with Gasteiger partial charge in [-0.1, -0.05) is 6.92 Å². The Bertz CT molecular complexity index is 695. The van der Waals surface area contributed by atoms with Crippen molar-refractivity contribution in [2.75, 3.05) is 13.1 Å². The smallest absolute Gasteiger partial charge is 0.253 e. The second kappa shape index (κ2) is 4.01. The summed E-state index contributed by atoms with van der Waals surface area (Å²) >= 11 is 0. The number of amides is 1. The van der Waals surface area contributed by atoms with Gasteiger partial charge in [0.1, 0.15) is 0 Å². The predicted octanol–water partition coefficient (Wildman–Crippen LogP) is 2.50. The van der Waals surface area contributed by atoms with Gasteiger partial charge in [0.25, 0.3) is 5.91 Å². The molecule has 20 heavy (non-hydrogen) atoms. The van der Waals surface area contributed by atoms with E-state index in [2.05, 4.69) is 16.9 Å². The molecular formula is C16H17N3O. The molecule has 2 fully saturated rings. The minimum absolute atomic E-state index is 0.137. The Balaban J connectivity index is 1.61. The average Bonchev–Trinajstić information content (AvgIpc) is 3.07. The average molecular weight is 267 g/mol. The van der Waals surface area contributed by atoms with E-state index < -0.39 is 0 Å². The molecule has 2 atom stereocenters. The summed E-state index contributed by atoms with van der Waals surface area (Å²) in [6.07, 6.45) is 5.82. The second-order valence-corrected chi connectivity index (χ2v) is 6.06. The van der Waals surface area contributed by atoms with E-state index in [1.807, 2.05) is 23.1 Å². The number of nitrogens with zero attached hydrogens (tertiary/aromatic N) is 3. The van der Waals surface area contributed by atoms with Crippen LogP contribution in [0.5, 0.6) is 0 Å². The third kappa shape index (κ3) is 1.64. The molecule has 4 nitrogen and oxygen atoms in total. The first-order chi connectivity index (χ1) is 9.72. The molecule has 1 aliphatic carbocycles. The molecule has 1 saturated carbocycles. The first-order valence-electron chi connectivity index (χ1n) is 7.22. The van der Waals surface area contributed by atoms with Gasteiger partial charge in [-0.2, -0.15) is 0 Å². The summed E-state index contributed by atoms with van der Waals surface area (Å²) in [6.45, 7) is 4.08. The van der Waals surface area contributed by atoms with E-state index in [1.165, 1.54) is 12.8 Å². The number of piperidine rings is 1.